The highest BCUT2D eigenvalue weighted by Crippen LogP contribution is 2.35. The van der Waals surface area contributed by atoms with Crippen LogP contribution in [0.3, 0.4) is 0 Å². The quantitative estimate of drug-likeness (QED) is 0.539. The van der Waals surface area contributed by atoms with Crippen LogP contribution in [0.5, 0.6) is 0 Å². The molecular weight excluding hydrogens is 453 g/mol. The van der Waals surface area contributed by atoms with Gasteiger partial charge in [0.2, 0.25) is 0 Å². The minimum absolute atomic E-state index is 0.234. The van der Waals surface area contributed by atoms with Gasteiger partial charge in [-0.1, -0.05) is 11.6 Å². The van der Waals surface area contributed by atoms with Crippen LogP contribution in [-0.4, -0.2) is 43.3 Å². The van der Waals surface area contributed by atoms with Crippen LogP contribution in [0.25, 0.3) is 5.69 Å². The maximum absolute atomic E-state index is 13.6. The molecule has 2 aliphatic rings. The largest absolute Gasteiger partial charge is 0.357 e. The third kappa shape index (κ3) is 4.04. The Labute approximate surface area is 203 Å². The van der Waals surface area contributed by atoms with E-state index in [0.717, 1.165) is 54.6 Å². The molecule has 0 atom stereocenters. The van der Waals surface area contributed by atoms with Gasteiger partial charge < -0.3 is 4.90 Å². The molecule has 0 saturated carbocycles. The number of fused-ring (bicyclic) bond motifs is 3. The van der Waals surface area contributed by atoms with Crippen LogP contribution in [-0.2, 0) is 13.1 Å². The highest BCUT2D eigenvalue weighted by Gasteiger charge is 2.34. The Bertz CT molecular complexity index is 1270. The van der Waals surface area contributed by atoms with E-state index in [1.807, 2.05) is 38.1 Å². The molecule has 0 amide bonds. The first-order valence-electron chi connectivity index (χ1n) is 11.5. The van der Waals surface area contributed by atoms with Crippen molar-refractivity contribution >= 4 is 17.4 Å². The number of hydrogen-bond acceptors (Lipinski definition) is 6. The number of nitriles is 1. The van der Waals surface area contributed by atoms with Gasteiger partial charge in [0.1, 0.15) is 23.0 Å². The lowest BCUT2D eigenvalue weighted by Gasteiger charge is -2.32. The minimum atomic E-state index is -0.660. The van der Waals surface area contributed by atoms with Crippen molar-refractivity contribution in [3.63, 3.8) is 0 Å². The van der Waals surface area contributed by atoms with E-state index >= 15 is 0 Å². The zero-order chi connectivity index (χ0) is 24.0. The fourth-order valence-corrected chi connectivity index (χ4v) is 5.02. The summed E-state index contributed by atoms with van der Waals surface area (Å²) in [6, 6.07) is 10.1. The summed E-state index contributed by atoms with van der Waals surface area (Å²) >= 11 is 6.35. The molecule has 1 aromatic carbocycles. The summed E-state index contributed by atoms with van der Waals surface area (Å²) in [5.74, 6) is 2.54. The zero-order valence-corrected chi connectivity index (χ0v) is 20.3. The summed E-state index contributed by atoms with van der Waals surface area (Å²) in [7, 11) is 0. The maximum Gasteiger partial charge on any atom is 0.151 e. The van der Waals surface area contributed by atoms with Crippen LogP contribution >= 0.6 is 11.6 Å². The normalized spacial score (nSPS) is 17.1. The first-order valence-corrected chi connectivity index (χ1v) is 11.9. The van der Waals surface area contributed by atoms with Crippen molar-refractivity contribution in [3.05, 3.63) is 64.1 Å². The molecule has 1 saturated heterocycles. The summed E-state index contributed by atoms with van der Waals surface area (Å²) in [5, 5.41) is 19.6. The molecule has 2 aliphatic heterocycles. The maximum atomic E-state index is 13.6. The number of aromatic nitrogens is 4. The van der Waals surface area contributed by atoms with E-state index in [1.54, 1.807) is 6.92 Å². The summed E-state index contributed by atoms with van der Waals surface area (Å²) < 4.78 is 15.8. The molecule has 0 radical (unpaired) electrons. The van der Waals surface area contributed by atoms with E-state index in [4.69, 9.17) is 11.6 Å². The molecule has 0 unspecified atom stereocenters. The second-order valence-electron chi connectivity index (χ2n) is 9.66. The molecular formula is C25H27ClFN7. The van der Waals surface area contributed by atoms with Gasteiger partial charge in [-0.05, 0) is 69.0 Å². The van der Waals surface area contributed by atoms with Crippen LogP contribution in [0.2, 0.25) is 5.02 Å². The van der Waals surface area contributed by atoms with E-state index in [9.17, 15) is 9.65 Å². The molecule has 2 aromatic heterocycles. The highest BCUT2D eigenvalue weighted by molar-refractivity contribution is 6.30. The molecule has 176 valence electrons. The summed E-state index contributed by atoms with van der Waals surface area (Å²) in [4.78, 5) is 8.60. The standard InChI is InChI=1S/C25H27ClFN7/c1-16-10-22(29-12-20(16)27)32-8-6-17(7-9-32)24-31-30-23-14-33(25(2,3)15-28)13-18-11-19(26)4-5-21(18)34(23)24/h4-5,10-12,17H,6-9,13-14H2,1-3H3. The number of rotatable bonds is 3. The Morgan fingerprint density at radius 1 is 1.15 bits per heavy atom. The number of hydrogen-bond donors (Lipinski definition) is 0. The van der Waals surface area contributed by atoms with Gasteiger partial charge in [-0.2, -0.15) is 5.26 Å². The lowest BCUT2D eigenvalue weighted by atomic mass is 9.95. The van der Waals surface area contributed by atoms with Crippen molar-refractivity contribution in [2.45, 2.75) is 58.2 Å². The molecule has 0 bridgehead atoms. The first-order chi connectivity index (χ1) is 16.3. The van der Waals surface area contributed by atoms with E-state index in [0.29, 0.717) is 23.7 Å². The Kier molecular flexibility index (Phi) is 5.78. The molecule has 7 nitrogen and oxygen atoms in total. The van der Waals surface area contributed by atoms with E-state index in [1.165, 1.54) is 6.20 Å². The second-order valence-corrected chi connectivity index (χ2v) is 10.1. The number of aryl methyl sites for hydroxylation is 1. The summed E-state index contributed by atoms with van der Waals surface area (Å²) in [6.07, 6.45) is 3.09. The number of pyridine rings is 1. The lowest BCUT2D eigenvalue weighted by molar-refractivity contribution is 0.147. The molecule has 4 heterocycles. The zero-order valence-electron chi connectivity index (χ0n) is 19.6. The third-order valence-corrected chi connectivity index (χ3v) is 7.25. The molecule has 0 aliphatic carbocycles. The van der Waals surface area contributed by atoms with Gasteiger partial charge >= 0.3 is 0 Å². The Morgan fingerprint density at radius 3 is 2.62 bits per heavy atom. The fourth-order valence-electron chi connectivity index (χ4n) is 4.82. The Balaban J connectivity index is 1.46. The molecule has 34 heavy (non-hydrogen) atoms. The van der Waals surface area contributed by atoms with Gasteiger partial charge in [0, 0.05) is 30.6 Å². The molecule has 5 rings (SSSR count). The topological polar surface area (TPSA) is 73.9 Å². The SMILES string of the molecule is Cc1cc(N2CCC(c3nnc4n3-c3ccc(Cl)cc3CN(C(C)(C)C#N)C4)CC2)ncc1F. The van der Waals surface area contributed by atoms with Crippen molar-refractivity contribution in [3.8, 4) is 11.8 Å². The van der Waals surface area contributed by atoms with Crippen molar-refractivity contribution < 1.29 is 4.39 Å². The van der Waals surface area contributed by atoms with Crippen LogP contribution in [0.15, 0.2) is 30.5 Å². The number of piperidine rings is 1. The lowest BCUT2D eigenvalue weighted by Crippen LogP contribution is -2.41. The molecule has 0 spiro atoms. The summed E-state index contributed by atoms with van der Waals surface area (Å²) in [5.41, 5.74) is 2.02. The number of anilines is 1. The van der Waals surface area contributed by atoms with Crippen molar-refractivity contribution in [2.24, 2.45) is 0 Å². The van der Waals surface area contributed by atoms with Gasteiger partial charge in [0.15, 0.2) is 5.82 Å². The van der Waals surface area contributed by atoms with Gasteiger partial charge in [-0.15, -0.1) is 10.2 Å². The summed E-state index contributed by atoms with van der Waals surface area (Å²) in [6.45, 7) is 8.36. The van der Waals surface area contributed by atoms with Gasteiger partial charge in [-0.25, -0.2) is 9.37 Å². The van der Waals surface area contributed by atoms with Crippen LogP contribution < -0.4 is 4.90 Å². The fraction of sp³-hybridized carbons (Fsp3) is 0.440. The van der Waals surface area contributed by atoms with Crippen LogP contribution in [0.4, 0.5) is 10.2 Å². The highest BCUT2D eigenvalue weighted by atomic mass is 35.5. The van der Waals surface area contributed by atoms with Gasteiger partial charge in [0.05, 0.1) is 24.5 Å². The third-order valence-electron chi connectivity index (χ3n) is 7.01. The molecule has 3 aromatic rings. The predicted octanol–water partition coefficient (Wildman–Crippen LogP) is 4.77. The Morgan fingerprint density at radius 2 is 1.91 bits per heavy atom. The van der Waals surface area contributed by atoms with Crippen LogP contribution in [0.1, 0.15) is 55.4 Å². The van der Waals surface area contributed by atoms with Crippen molar-refractivity contribution in [2.75, 3.05) is 18.0 Å². The number of nitrogens with zero attached hydrogens (tertiary/aromatic N) is 7. The number of benzene rings is 1. The monoisotopic (exact) mass is 479 g/mol. The van der Waals surface area contributed by atoms with Crippen molar-refractivity contribution in [1.29, 1.82) is 5.26 Å². The van der Waals surface area contributed by atoms with Gasteiger partial charge in [-0.3, -0.25) is 9.47 Å². The van der Waals surface area contributed by atoms with E-state index < -0.39 is 5.54 Å². The van der Waals surface area contributed by atoms with Crippen molar-refractivity contribution in [1.82, 2.24) is 24.6 Å². The van der Waals surface area contributed by atoms with E-state index in [2.05, 4.69) is 35.6 Å². The minimum Gasteiger partial charge on any atom is -0.357 e. The van der Waals surface area contributed by atoms with Crippen LogP contribution in [0, 0.1) is 24.1 Å². The molecule has 0 N–H and O–H groups in total. The number of halogens is 2. The molecule has 1 fully saturated rings. The Hall–Kier alpha value is -3.02. The molecule has 9 heteroatoms. The average Bonchev–Trinajstić information content (AvgIpc) is 3.16. The smallest absolute Gasteiger partial charge is 0.151 e. The predicted molar refractivity (Wildman–Crippen MR) is 128 cm³/mol. The second kappa shape index (κ2) is 8.64. The average molecular weight is 480 g/mol. The first kappa shape index (κ1) is 22.8. The van der Waals surface area contributed by atoms with E-state index in [-0.39, 0.29) is 11.7 Å². The van der Waals surface area contributed by atoms with Gasteiger partial charge in [0.25, 0.3) is 0 Å².